The Kier molecular flexibility index (Phi) is 2.72. The van der Waals surface area contributed by atoms with Gasteiger partial charge in [-0.1, -0.05) is 23.2 Å². The van der Waals surface area contributed by atoms with Crippen LogP contribution in [0.15, 0.2) is 23.3 Å². The van der Waals surface area contributed by atoms with Crippen LogP contribution < -0.4 is 10.3 Å². The third-order valence-electron chi connectivity index (χ3n) is 3.42. The van der Waals surface area contributed by atoms with E-state index in [1.165, 1.54) is 0 Å². The van der Waals surface area contributed by atoms with Gasteiger partial charge in [-0.2, -0.15) is 5.10 Å². The van der Waals surface area contributed by atoms with Gasteiger partial charge in [-0.3, -0.25) is 9.80 Å². The van der Waals surface area contributed by atoms with Crippen LogP contribution in [0.25, 0.3) is 0 Å². The minimum absolute atomic E-state index is 0.0746. The van der Waals surface area contributed by atoms with Crippen LogP contribution in [0.3, 0.4) is 0 Å². The lowest BCUT2D eigenvalue weighted by Gasteiger charge is -2.23. The van der Waals surface area contributed by atoms with Gasteiger partial charge in [0.2, 0.25) is 0 Å². The fourth-order valence-corrected chi connectivity index (χ4v) is 2.67. The summed E-state index contributed by atoms with van der Waals surface area (Å²) in [7, 11) is 0. The minimum atomic E-state index is -0.0746. The number of carbonyl (C=O) groups is 1. The van der Waals surface area contributed by atoms with Crippen LogP contribution in [0.2, 0.25) is 10.0 Å². The molecule has 2 heterocycles. The molecule has 0 aliphatic carbocycles. The van der Waals surface area contributed by atoms with Crippen molar-refractivity contribution in [3.8, 4) is 0 Å². The number of anilines is 1. The van der Waals surface area contributed by atoms with Crippen molar-refractivity contribution in [2.75, 3.05) is 11.6 Å². The van der Waals surface area contributed by atoms with Gasteiger partial charge in [-0.05, 0) is 25.1 Å². The molecule has 1 amide bonds. The number of nitrogens with zero attached hydrogens (tertiary/aromatic N) is 2. The number of fused-ring (bicyclic) bond motifs is 1. The molecule has 2 aliphatic heterocycles. The zero-order chi connectivity index (χ0) is 12.9. The fraction of sp³-hybridized carbons (Fsp3) is 0.333. The van der Waals surface area contributed by atoms with Gasteiger partial charge in [-0.25, -0.2) is 0 Å². The highest BCUT2D eigenvalue weighted by Crippen LogP contribution is 2.33. The van der Waals surface area contributed by atoms with Crippen LogP contribution in [0, 0.1) is 5.92 Å². The van der Waals surface area contributed by atoms with E-state index in [1.807, 2.05) is 18.0 Å². The lowest BCUT2D eigenvalue weighted by atomic mass is 10.00. The van der Waals surface area contributed by atoms with Gasteiger partial charge in [0.25, 0.3) is 5.91 Å². The summed E-state index contributed by atoms with van der Waals surface area (Å²) < 4.78 is 0. The molecule has 2 unspecified atom stereocenters. The molecule has 4 nitrogen and oxygen atoms in total. The van der Waals surface area contributed by atoms with E-state index in [2.05, 4.69) is 10.4 Å². The number of hydrogen-bond donors (Lipinski definition) is 1. The van der Waals surface area contributed by atoms with E-state index in [0.29, 0.717) is 22.3 Å². The highest BCUT2D eigenvalue weighted by atomic mass is 35.5. The van der Waals surface area contributed by atoms with Crippen LogP contribution in [-0.4, -0.2) is 24.2 Å². The van der Waals surface area contributed by atoms with E-state index >= 15 is 0 Å². The van der Waals surface area contributed by atoms with E-state index in [4.69, 9.17) is 23.2 Å². The number of benzene rings is 1. The van der Waals surface area contributed by atoms with Crippen molar-refractivity contribution in [1.82, 2.24) is 5.32 Å². The largest absolute Gasteiger partial charge is 0.350 e. The summed E-state index contributed by atoms with van der Waals surface area (Å²) in [5.41, 5.74) is 1.46. The van der Waals surface area contributed by atoms with E-state index in [1.54, 1.807) is 12.1 Å². The number of hydrazone groups is 1. The number of carbonyl (C=O) groups excluding carboxylic acids is 1. The monoisotopic (exact) mass is 283 g/mol. The zero-order valence-corrected chi connectivity index (χ0v) is 11.2. The first-order valence-corrected chi connectivity index (χ1v) is 6.44. The second kappa shape index (κ2) is 4.14. The number of nitrogens with one attached hydrogen (secondary N) is 1. The maximum atomic E-state index is 11.6. The summed E-state index contributed by atoms with van der Waals surface area (Å²) in [5, 5.41) is 10.0. The first-order chi connectivity index (χ1) is 8.58. The third kappa shape index (κ3) is 1.68. The van der Waals surface area contributed by atoms with E-state index in [-0.39, 0.29) is 17.9 Å². The van der Waals surface area contributed by atoms with Crippen molar-refractivity contribution in [2.45, 2.75) is 13.0 Å². The summed E-state index contributed by atoms with van der Waals surface area (Å²) in [4.78, 5) is 11.6. The molecule has 2 aliphatic rings. The quantitative estimate of drug-likeness (QED) is 0.860. The lowest BCUT2D eigenvalue weighted by Crippen LogP contribution is -2.31. The lowest BCUT2D eigenvalue weighted by molar-refractivity contribution is -0.113. The molecule has 1 saturated heterocycles. The van der Waals surface area contributed by atoms with Crippen molar-refractivity contribution in [3.63, 3.8) is 0 Å². The normalized spacial score (nSPS) is 26.1. The van der Waals surface area contributed by atoms with Crippen LogP contribution in [0.4, 0.5) is 5.69 Å². The van der Waals surface area contributed by atoms with Gasteiger partial charge in [0.1, 0.15) is 5.71 Å². The molecule has 18 heavy (non-hydrogen) atoms. The second-order valence-corrected chi connectivity index (χ2v) is 5.30. The average molecular weight is 284 g/mol. The number of hydrogen-bond acceptors (Lipinski definition) is 3. The third-order valence-corrected chi connectivity index (χ3v) is 4.16. The van der Waals surface area contributed by atoms with Gasteiger partial charge in [0.05, 0.1) is 21.8 Å². The Labute approximate surface area is 115 Å². The zero-order valence-electron chi connectivity index (χ0n) is 9.65. The van der Waals surface area contributed by atoms with Gasteiger partial charge < -0.3 is 5.32 Å². The number of halogens is 2. The Hall–Kier alpha value is -1.26. The summed E-state index contributed by atoms with van der Waals surface area (Å²) in [6, 6.07) is 5.49. The van der Waals surface area contributed by atoms with Gasteiger partial charge in [-0.15, -0.1) is 0 Å². The Balaban J connectivity index is 1.98. The van der Waals surface area contributed by atoms with Gasteiger partial charge >= 0.3 is 0 Å². The molecule has 0 radical (unpaired) electrons. The Morgan fingerprint density at radius 1 is 1.39 bits per heavy atom. The number of rotatable bonds is 1. The Bertz CT molecular complexity index is 558. The molecular formula is C12H11Cl2N3O. The SMILES string of the molecule is CC1C2CNC(=O)C2=NN1c1ccc(Cl)c(Cl)c1. The summed E-state index contributed by atoms with van der Waals surface area (Å²) in [6.45, 7) is 2.70. The average Bonchev–Trinajstić information content (AvgIpc) is 2.86. The van der Waals surface area contributed by atoms with Crippen molar-refractivity contribution < 1.29 is 4.79 Å². The molecule has 2 atom stereocenters. The molecule has 0 bridgehead atoms. The van der Waals surface area contributed by atoms with Crippen molar-refractivity contribution in [3.05, 3.63) is 28.2 Å². The molecule has 3 rings (SSSR count). The highest BCUT2D eigenvalue weighted by Gasteiger charge is 2.42. The molecule has 1 N–H and O–H groups in total. The maximum Gasteiger partial charge on any atom is 0.267 e. The minimum Gasteiger partial charge on any atom is -0.350 e. The van der Waals surface area contributed by atoms with Gasteiger partial charge in [0, 0.05) is 12.5 Å². The highest BCUT2D eigenvalue weighted by molar-refractivity contribution is 6.43. The molecule has 0 saturated carbocycles. The molecule has 0 spiro atoms. The smallest absolute Gasteiger partial charge is 0.267 e. The van der Waals surface area contributed by atoms with E-state index in [0.717, 1.165) is 5.69 Å². The molecular weight excluding hydrogens is 273 g/mol. The Morgan fingerprint density at radius 2 is 2.17 bits per heavy atom. The summed E-state index contributed by atoms with van der Waals surface area (Å²) in [5.74, 6) is 0.0707. The number of amides is 1. The van der Waals surface area contributed by atoms with Crippen molar-refractivity contribution in [1.29, 1.82) is 0 Å². The Morgan fingerprint density at radius 3 is 2.83 bits per heavy atom. The molecule has 1 aromatic carbocycles. The summed E-state index contributed by atoms with van der Waals surface area (Å²) >= 11 is 11.9. The molecule has 1 aromatic rings. The second-order valence-electron chi connectivity index (χ2n) is 4.49. The van der Waals surface area contributed by atoms with E-state index < -0.39 is 0 Å². The topological polar surface area (TPSA) is 44.7 Å². The fourth-order valence-electron chi connectivity index (χ4n) is 2.37. The van der Waals surface area contributed by atoms with Crippen LogP contribution >= 0.6 is 23.2 Å². The predicted octanol–water partition coefficient (Wildman–Crippen LogP) is 2.30. The first-order valence-electron chi connectivity index (χ1n) is 5.69. The van der Waals surface area contributed by atoms with Crippen LogP contribution in [0.1, 0.15) is 6.92 Å². The molecule has 0 aromatic heterocycles. The van der Waals surface area contributed by atoms with Crippen molar-refractivity contribution >= 4 is 40.5 Å². The van der Waals surface area contributed by atoms with E-state index in [9.17, 15) is 4.79 Å². The van der Waals surface area contributed by atoms with Crippen molar-refractivity contribution in [2.24, 2.45) is 11.0 Å². The maximum absolute atomic E-state index is 11.6. The standard InChI is InChI=1S/C12H11Cl2N3O/c1-6-8-5-15-12(18)11(8)16-17(6)7-2-3-9(13)10(14)4-7/h2-4,6,8H,5H2,1H3,(H,15,18). The van der Waals surface area contributed by atoms with Gasteiger partial charge in [0.15, 0.2) is 0 Å². The molecule has 6 heteroatoms. The van der Waals surface area contributed by atoms with Crippen LogP contribution in [0.5, 0.6) is 0 Å². The first kappa shape index (κ1) is 11.8. The van der Waals surface area contributed by atoms with Crippen LogP contribution in [-0.2, 0) is 4.79 Å². The molecule has 1 fully saturated rings. The predicted molar refractivity (Wildman–Crippen MR) is 72.3 cm³/mol. The summed E-state index contributed by atoms with van der Waals surface area (Å²) in [6.07, 6.45) is 0. The molecule has 94 valence electrons.